The van der Waals surface area contributed by atoms with Gasteiger partial charge in [-0.3, -0.25) is 0 Å². The Balaban J connectivity index is 1.99. The van der Waals surface area contributed by atoms with E-state index in [1.54, 1.807) is 18.2 Å². The second-order valence-corrected chi connectivity index (χ2v) is 5.41. The van der Waals surface area contributed by atoms with Gasteiger partial charge in [-0.1, -0.05) is 35.3 Å². The molecule has 0 saturated heterocycles. The fourth-order valence-electron chi connectivity index (χ4n) is 1.83. The second kappa shape index (κ2) is 6.70. The van der Waals surface area contributed by atoms with E-state index in [9.17, 15) is 4.79 Å². The zero-order chi connectivity index (χ0) is 15.4. The molecule has 0 radical (unpaired) electrons. The van der Waals surface area contributed by atoms with Crippen LogP contribution in [0.4, 0.5) is 16.2 Å². The normalized spacial score (nSPS) is 10.2. The summed E-state index contributed by atoms with van der Waals surface area (Å²) in [4.78, 5) is 11.9. The second-order valence-electron chi connectivity index (χ2n) is 4.56. The van der Waals surface area contributed by atoms with Crippen LogP contribution in [0.2, 0.25) is 10.0 Å². The number of hydrogen-bond acceptors (Lipinski definition) is 2. The molecule has 110 valence electrons. The van der Waals surface area contributed by atoms with Crippen molar-refractivity contribution in [2.45, 2.75) is 13.5 Å². The molecule has 0 aliphatic rings. The number of urea groups is 1. The van der Waals surface area contributed by atoms with Gasteiger partial charge in [0.1, 0.15) is 0 Å². The van der Waals surface area contributed by atoms with E-state index in [4.69, 9.17) is 28.9 Å². The minimum absolute atomic E-state index is 0.360. The van der Waals surface area contributed by atoms with Crippen molar-refractivity contribution >= 4 is 40.6 Å². The van der Waals surface area contributed by atoms with Crippen molar-refractivity contribution < 1.29 is 4.79 Å². The van der Waals surface area contributed by atoms with Gasteiger partial charge in [0, 0.05) is 17.3 Å². The monoisotopic (exact) mass is 323 g/mol. The highest BCUT2D eigenvalue weighted by Crippen LogP contribution is 2.25. The molecule has 2 aromatic rings. The predicted octanol–water partition coefficient (Wildman–Crippen LogP) is 4.21. The van der Waals surface area contributed by atoms with Gasteiger partial charge in [-0.15, -0.1) is 0 Å². The average Bonchev–Trinajstić information content (AvgIpc) is 2.44. The Labute approximate surface area is 133 Å². The molecule has 0 spiro atoms. The Morgan fingerprint density at radius 3 is 2.76 bits per heavy atom. The van der Waals surface area contributed by atoms with Crippen molar-refractivity contribution in [3.8, 4) is 0 Å². The summed E-state index contributed by atoms with van der Waals surface area (Å²) < 4.78 is 0. The molecule has 0 heterocycles. The highest BCUT2D eigenvalue weighted by atomic mass is 35.5. The Kier molecular flexibility index (Phi) is 4.94. The van der Waals surface area contributed by atoms with Crippen LogP contribution >= 0.6 is 23.2 Å². The smallest absolute Gasteiger partial charge is 0.319 e. The molecule has 0 aliphatic carbocycles. The Bertz CT molecular complexity index is 674. The van der Waals surface area contributed by atoms with Gasteiger partial charge < -0.3 is 16.4 Å². The molecule has 0 aliphatic heterocycles. The van der Waals surface area contributed by atoms with Gasteiger partial charge in [0.15, 0.2) is 0 Å². The first-order valence-electron chi connectivity index (χ1n) is 6.31. The largest absolute Gasteiger partial charge is 0.399 e. The number of rotatable bonds is 3. The van der Waals surface area contributed by atoms with Gasteiger partial charge in [0.05, 0.1) is 10.7 Å². The van der Waals surface area contributed by atoms with Crippen molar-refractivity contribution in [1.82, 2.24) is 5.32 Å². The summed E-state index contributed by atoms with van der Waals surface area (Å²) >= 11 is 11.9. The van der Waals surface area contributed by atoms with Crippen molar-refractivity contribution in [2.24, 2.45) is 0 Å². The van der Waals surface area contributed by atoms with Gasteiger partial charge in [0.25, 0.3) is 0 Å². The molecule has 2 aromatic carbocycles. The summed E-state index contributed by atoms with van der Waals surface area (Å²) in [6.45, 7) is 2.29. The molecular weight excluding hydrogens is 309 g/mol. The van der Waals surface area contributed by atoms with Gasteiger partial charge >= 0.3 is 6.03 Å². The number of nitrogen functional groups attached to an aromatic ring is 1. The van der Waals surface area contributed by atoms with Gasteiger partial charge in [-0.2, -0.15) is 0 Å². The van der Waals surface area contributed by atoms with Crippen molar-refractivity contribution in [3.05, 3.63) is 57.6 Å². The van der Waals surface area contributed by atoms with Crippen molar-refractivity contribution in [1.29, 1.82) is 0 Å². The summed E-state index contributed by atoms with van der Waals surface area (Å²) in [6, 6.07) is 10.1. The van der Waals surface area contributed by atoms with Crippen LogP contribution in [-0.4, -0.2) is 6.03 Å². The summed E-state index contributed by atoms with van der Waals surface area (Å²) in [6.07, 6.45) is 0. The zero-order valence-corrected chi connectivity index (χ0v) is 12.9. The number of carbonyl (C=O) groups is 1. The number of carbonyl (C=O) groups excluding carboxylic acids is 1. The summed E-state index contributed by atoms with van der Waals surface area (Å²) in [7, 11) is 0. The molecule has 0 saturated carbocycles. The number of amides is 2. The topological polar surface area (TPSA) is 67.1 Å². The lowest BCUT2D eigenvalue weighted by Crippen LogP contribution is -2.28. The molecule has 21 heavy (non-hydrogen) atoms. The molecule has 6 heteroatoms. The van der Waals surface area contributed by atoms with Gasteiger partial charge in [-0.05, 0) is 42.3 Å². The van der Waals surface area contributed by atoms with E-state index < -0.39 is 0 Å². The molecule has 0 fully saturated rings. The lowest BCUT2D eigenvalue weighted by Gasteiger charge is -2.11. The Hall–Kier alpha value is -1.91. The van der Waals surface area contributed by atoms with E-state index in [2.05, 4.69) is 10.6 Å². The summed E-state index contributed by atoms with van der Waals surface area (Å²) in [5, 5.41) is 6.34. The maximum absolute atomic E-state index is 11.9. The molecule has 4 nitrogen and oxygen atoms in total. The van der Waals surface area contributed by atoms with Crippen LogP contribution in [0, 0.1) is 6.92 Å². The third-order valence-corrected chi connectivity index (χ3v) is 3.67. The summed E-state index contributed by atoms with van der Waals surface area (Å²) in [5.41, 5.74) is 8.91. The van der Waals surface area contributed by atoms with E-state index in [1.165, 1.54) is 0 Å². The Morgan fingerprint density at radius 1 is 1.24 bits per heavy atom. The fourth-order valence-corrected chi connectivity index (χ4v) is 2.17. The molecule has 0 aromatic heterocycles. The van der Waals surface area contributed by atoms with E-state index >= 15 is 0 Å². The first-order chi connectivity index (χ1) is 9.97. The molecule has 2 amide bonds. The molecular formula is C15H15Cl2N3O. The molecule has 0 atom stereocenters. The van der Waals surface area contributed by atoms with Crippen molar-refractivity contribution in [2.75, 3.05) is 11.1 Å². The standard InChI is InChI=1S/C15H15Cl2N3O/c1-9-10(3-2-4-13(9)18)8-19-15(21)20-14-7-11(16)5-6-12(14)17/h2-7H,8,18H2,1H3,(H2,19,20,21). The molecule has 2 rings (SSSR count). The highest BCUT2D eigenvalue weighted by molar-refractivity contribution is 6.35. The van der Waals surface area contributed by atoms with E-state index in [0.717, 1.165) is 11.1 Å². The number of benzene rings is 2. The minimum atomic E-state index is -0.360. The lowest BCUT2D eigenvalue weighted by molar-refractivity contribution is 0.251. The number of nitrogens with one attached hydrogen (secondary N) is 2. The number of nitrogens with two attached hydrogens (primary N) is 1. The van der Waals surface area contributed by atoms with Crippen LogP contribution in [0.25, 0.3) is 0 Å². The third kappa shape index (κ3) is 4.03. The maximum Gasteiger partial charge on any atom is 0.319 e. The van der Waals surface area contributed by atoms with Crippen LogP contribution in [0.15, 0.2) is 36.4 Å². The first-order valence-corrected chi connectivity index (χ1v) is 7.07. The van der Waals surface area contributed by atoms with Crippen LogP contribution in [0.3, 0.4) is 0 Å². The lowest BCUT2D eigenvalue weighted by atomic mass is 10.1. The maximum atomic E-state index is 11.9. The quantitative estimate of drug-likeness (QED) is 0.741. The fraction of sp³-hybridized carbons (Fsp3) is 0.133. The molecule has 0 unspecified atom stereocenters. The van der Waals surface area contributed by atoms with Gasteiger partial charge in [-0.25, -0.2) is 4.79 Å². The predicted molar refractivity (Wildman–Crippen MR) is 87.9 cm³/mol. The van der Waals surface area contributed by atoms with Crippen LogP contribution < -0.4 is 16.4 Å². The van der Waals surface area contributed by atoms with Crippen LogP contribution in [0.5, 0.6) is 0 Å². The van der Waals surface area contributed by atoms with E-state index in [0.29, 0.717) is 28.0 Å². The number of halogens is 2. The third-order valence-electron chi connectivity index (χ3n) is 3.10. The van der Waals surface area contributed by atoms with Gasteiger partial charge in [0.2, 0.25) is 0 Å². The number of hydrogen-bond donors (Lipinski definition) is 3. The highest BCUT2D eigenvalue weighted by Gasteiger charge is 2.07. The average molecular weight is 324 g/mol. The van der Waals surface area contributed by atoms with E-state index in [-0.39, 0.29) is 6.03 Å². The summed E-state index contributed by atoms with van der Waals surface area (Å²) in [5.74, 6) is 0. The first kappa shape index (κ1) is 15.5. The van der Waals surface area contributed by atoms with E-state index in [1.807, 2.05) is 25.1 Å². The number of anilines is 2. The van der Waals surface area contributed by atoms with Crippen molar-refractivity contribution in [3.63, 3.8) is 0 Å². The molecule has 4 N–H and O–H groups in total. The SMILES string of the molecule is Cc1c(N)cccc1CNC(=O)Nc1cc(Cl)ccc1Cl. The Morgan fingerprint density at radius 2 is 2.00 bits per heavy atom. The zero-order valence-electron chi connectivity index (χ0n) is 11.4. The van der Waals surface area contributed by atoms with Crippen LogP contribution in [-0.2, 0) is 6.54 Å². The molecule has 0 bridgehead atoms. The minimum Gasteiger partial charge on any atom is -0.399 e. The van der Waals surface area contributed by atoms with Crippen LogP contribution in [0.1, 0.15) is 11.1 Å².